The quantitative estimate of drug-likeness (QED) is 0.592. The Morgan fingerprint density at radius 3 is 2.46 bits per heavy atom. The zero-order chi connectivity index (χ0) is 9.10. The van der Waals surface area contributed by atoms with Gasteiger partial charge in [-0.15, -0.1) is 0 Å². The van der Waals surface area contributed by atoms with Crippen LogP contribution >= 0.6 is 0 Å². The number of aliphatic hydroxyl groups excluding tert-OH is 1. The standard InChI is InChI=1S/C12H10O/c13-12-8-6-10-4-2-1-3-5-11(10)7-9-12/h1-9,13H. The van der Waals surface area contributed by atoms with Crippen molar-refractivity contribution in [2.24, 2.45) is 0 Å². The summed E-state index contributed by atoms with van der Waals surface area (Å²) in [6.45, 7) is 0. The van der Waals surface area contributed by atoms with Gasteiger partial charge >= 0.3 is 0 Å². The Bertz CT molecular complexity index is 387. The van der Waals surface area contributed by atoms with Crippen molar-refractivity contribution in [3.05, 3.63) is 71.6 Å². The first-order chi connectivity index (χ1) is 6.36. The summed E-state index contributed by atoms with van der Waals surface area (Å²) in [5, 5.41) is 9.27. The molecule has 2 rings (SSSR count). The van der Waals surface area contributed by atoms with Crippen molar-refractivity contribution >= 4 is 0 Å². The minimum Gasteiger partial charge on any atom is -0.508 e. The predicted molar refractivity (Wildman–Crippen MR) is 54.3 cm³/mol. The molecule has 13 heavy (non-hydrogen) atoms. The molecule has 0 unspecified atom stereocenters. The van der Waals surface area contributed by atoms with Crippen LogP contribution in [0.2, 0.25) is 0 Å². The van der Waals surface area contributed by atoms with Crippen LogP contribution in [0.5, 0.6) is 0 Å². The lowest BCUT2D eigenvalue weighted by atomic mass is 10.1. The minimum absolute atomic E-state index is 0.291. The summed E-state index contributed by atoms with van der Waals surface area (Å²) in [6.07, 6.45) is 17.2. The molecule has 2 aliphatic rings. The van der Waals surface area contributed by atoms with E-state index in [0.29, 0.717) is 5.76 Å². The fraction of sp³-hybridized carbons (Fsp3) is 0. The highest BCUT2D eigenvalue weighted by Crippen LogP contribution is 2.19. The van der Waals surface area contributed by atoms with Gasteiger partial charge in [0.2, 0.25) is 0 Å². The molecule has 0 atom stereocenters. The highest BCUT2D eigenvalue weighted by Gasteiger charge is 2.01. The first-order valence-corrected chi connectivity index (χ1v) is 4.21. The van der Waals surface area contributed by atoms with Crippen molar-refractivity contribution in [2.45, 2.75) is 0 Å². The molecule has 0 spiro atoms. The zero-order valence-electron chi connectivity index (χ0n) is 7.14. The molecule has 0 saturated heterocycles. The van der Waals surface area contributed by atoms with E-state index in [4.69, 9.17) is 0 Å². The summed E-state index contributed by atoms with van der Waals surface area (Å²) in [7, 11) is 0. The maximum absolute atomic E-state index is 9.27. The lowest BCUT2D eigenvalue weighted by molar-refractivity contribution is 0.433. The van der Waals surface area contributed by atoms with Crippen LogP contribution in [0.4, 0.5) is 0 Å². The molecule has 0 amide bonds. The Hall–Kier alpha value is -1.76. The Balaban J connectivity index is 2.48. The van der Waals surface area contributed by atoms with Gasteiger partial charge in [0.05, 0.1) is 0 Å². The van der Waals surface area contributed by atoms with Gasteiger partial charge in [-0.3, -0.25) is 0 Å². The lowest BCUT2D eigenvalue weighted by Gasteiger charge is -1.98. The molecule has 0 aromatic rings. The van der Waals surface area contributed by atoms with Crippen molar-refractivity contribution in [3.63, 3.8) is 0 Å². The van der Waals surface area contributed by atoms with Crippen molar-refractivity contribution in [2.75, 3.05) is 0 Å². The third kappa shape index (κ3) is 1.70. The first kappa shape index (κ1) is 7.87. The topological polar surface area (TPSA) is 20.2 Å². The second-order valence-electron chi connectivity index (χ2n) is 2.91. The summed E-state index contributed by atoms with van der Waals surface area (Å²) in [6, 6.07) is 0. The average molecular weight is 170 g/mol. The second-order valence-corrected chi connectivity index (χ2v) is 2.91. The average Bonchev–Trinajstić information content (AvgIpc) is 2.43. The van der Waals surface area contributed by atoms with Crippen LogP contribution in [0.25, 0.3) is 0 Å². The number of hydrogen-bond donors (Lipinski definition) is 1. The van der Waals surface area contributed by atoms with Crippen LogP contribution < -0.4 is 0 Å². The summed E-state index contributed by atoms with van der Waals surface area (Å²) >= 11 is 0. The van der Waals surface area contributed by atoms with Gasteiger partial charge in [-0.2, -0.15) is 0 Å². The summed E-state index contributed by atoms with van der Waals surface area (Å²) in [4.78, 5) is 0. The highest BCUT2D eigenvalue weighted by molar-refractivity contribution is 5.54. The van der Waals surface area contributed by atoms with Gasteiger partial charge in [-0.1, -0.05) is 42.5 Å². The van der Waals surface area contributed by atoms with Gasteiger partial charge in [-0.25, -0.2) is 0 Å². The maximum Gasteiger partial charge on any atom is 0.115 e. The molecule has 0 heterocycles. The molecule has 2 aliphatic carbocycles. The predicted octanol–water partition coefficient (Wildman–Crippen LogP) is 2.98. The van der Waals surface area contributed by atoms with Gasteiger partial charge in [0.25, 0.3) is 0 Å². The number of fused-ring (bicyclic) bond motifs is 1. The fourth-order valence-corrected chi connectivity index (χ4v) is 1.28. The van der Waals surface area contributed by atoms with Crippen molar-refractivity contribution in [1.29, 1.82) is 0 Å². The molecule has 0 radical (unpaired) electrons. The van der Waals surface area contributed by atoms with E-state index >= 15 is 0 Å². The van der Waals surface area contributed by atoms with Crippen LogP contribution in [0.15, 0.2) is 71.6 Å². The SMILES string of the molecule is OC1=CC=C2C=CC=CC=C2C=C1. The molecule has 0 aromatic heterocycles. The summed E-state index contributed by atoms with van der Waals surface area (Å²) < 4.78 is 0. The third-order valence-electron chi connectivity index (χ3n) is 1.97. The largest absolute Gasteiger partial charge is 0.508 e. The Morgan fingerprint density at radius 2 is 1.54 bits per heavy atom. The van der Waals surface area contributed by atoms with Gasteiger partial charge in [0.1, 0.15) is 5.76 Å². The first-order valence-electron chi connectivity index (χ1n) is 4.21. The molecule has 1 nitrogen and oxygen atoms in total. The van der Waals surface area contributed by atoms with E-state index in [0.717, 1.165) is 11.1 Å². The Labute approximate surface area is 77.4 Å². The van der Waals surface area contributed by atoms with Crippen LogP contribution in [0.1, 0.15) is 0 Å². The van der Waals surface area contributed by atoms with Crippen molar-refractivity contribution in [1.82, 2.24) is 0 Å². The molecule has 1 heteroatoms. The smallest absolute Gasteiger partial charge is 0.115 e. The molecule has 0 bridgehead atoms. The number of rotatable bonds is 0. The maximum atomic E-state index is 9.27. The number of aliphatic hydroxyl groups is 1. The van der Waals surface area contributed by atoms with E-state index in [1.54, 1.807) is 12.2 Å². The number of hydrogen-bond acceptors (Lipinski definition) is 1. The van der Waals surface area contributed by atoms with Crippen molar-refractivity contribution in [3.8, 4) is 0 Å². The van der Waals surface area contributed by atoms with E-state index in [2.05, 4.69) is 0 Å². The van der Waals surface area contributed by atoms with Crippen LogP contribution in [0, 0.1) is 0 Å². The Morgan fingerprint density at radius 1 is 0.692 bits per heavy atom. The monoisotopic (exact) mass is 170 g/mol. The summed E-state index contributed by atoms with van der Waals surface area (Å²) in [5.74, 6) is 0.291. The normalized spacial score (nSPS) is 19.5. The van der Waals surface area contributed by atoms with E-state index < -0.39 is 0 Å². The van der Waals surface area contributed by atoms with Crippen LogP contribution in [-0.4, -0.2) is 5.11 Å². The van der Waals surface area contributed by atoms with E-state index in [1.807, 2.05) is 42.5 Å². The van der Waals surface area contributed by atoms with Crippen molar-refractivity contribution < 1.29 is 5.11 Å². The summed E-state index contributed by atoms with van der Waals surface area (Å²) in [5.41, 5.74) is 2.23. The van der Waals surface area contributed by atoms with Crippen LogP contribution in [-0.2, 0) is 0 Å². The molecular formula is C12H10O. The number of allylic oxidation sites excluding steroid dienone is 11. The molecule has 64 valence electrons. The molecule has 0 fully saturated rings. The molecule has 0 aliphatic heterocycles. The third-order valence-corrected chi connectivity index (χ3v) is 1.97. The van der Waals surface area contributed by atoms with Gasteiger partial charge < -0.3 is 5.11 Å². The second kappa shape index (κ2) is 3.31. The van der Waals surface area contributed by atoms with Gasteiger partial charge in [-0.05, 0) is 23.3 Å². The minimum atomic E-state index is 0.291. The van der Waals surface area contributed by atoms with E-state index in [-0.39, 0.29) is 0 Å². The molecule has 0 aromatic carbocycles. The highest BCUT2D eigenvalue weighted by atomic mass is 16.3. The van der Waals surface area contributed by atoms with E-state index in [9.17, 15) is 5.11 Å². The molecular weight excluding hydrogens is 160 g/mol. The van der Waals surface area contributed by atoms with Crippen LogP contribution in [0.3, 0.4) is 0 Å². The lowest BCUT2D eigenvalue weighted by Crippen LogP contribution is -1.79. The zero-order valence-corrected chi connectivity index (χ0v) is 7.14. The molecule has 1 N–H and O–H groups in total. The van der Waals surface area contributed by atoms with E-state index in [1.165, 1.54) is 0 Å². The van der Waals surface area contributed by atoms with Gasteiger partial charge in [0.15, 0.2) is 0 Å². The fourth-order valence-electron chi connectivity index (χ4n) is 1.28. The van der Waals surface area contributed by atoms with Gasteiger partial charge in [0, 0.05) is 0 Å². The molecule has 0 saturated carbocycles. The Kier molecular flexibility index (Phi) is 2.01.